The minimum atomic E-state index is -0.345. The fourth-order valence-corrected chi connectivity index (χ4v) is 2.83. The minimum Gasteiger partial charge on any atom is -0.488 e. The Balaban J connectivity index is 1.92. The van der Waals surface area contributed by atoms with Crippen LogP contribution in [-0.2, 0) is 13.2 Å². The third kappa shape index (κ3) is 5.99. The number of nitrogens with one attached hydrogen (secondary N) is 1. The molecule has 0 aliphatic heterocycles. The summed E-state index contributed by atoms with van der Waals surface area (Å²) in [6.07, 6.45) is 0. The van der Waals surface area contributed by atoms with Gasteiger partial charge in [-0.1, -0.05) is 49.7 Å². The summed E-state index contributed by atoms with van der Waals surface area (Å²) in [5, 5.41) is 3.82. The first-order chi connectivity index (χ1) is 12.2. The lowest BCUT2D eigenvalue weighted by Crippen LogP contribution is -2.31. The smallest absolute Gasteiger partial charge is 0.131 e. The summed E-state index contributed by atoms with van der Waals surface area (Å²) in [4.78, 5) is 2.37. The topological polar surface area (TPSA) is 24.5 Å². The molecular formula is C20H26ClFN2O. The Kier molecular flexibility index (Phi) is 8.19. The van der Waals surface area contributed by atoms with E-state index in [1.165, 1.54) is 6.07 Å². The summed E-state index contributed by atoms with van der Waals surface area (Å²) in [7, 11) is 0. The van der Waals surface area contributed by atoms with E-state index in [1.54, 1.807) is 12.1 Å². The monoisotopic (exact) mass is 364 g/mol. The van der Waals surface area contributed by atoms with Crippen molar-refractivity contribution in [3.05, 3.63) is 64.4 Å². The van der Waals surface area contributed by atoms with Crippen LogP contribution in [0.15, 0.2) is 42.5 Å². The number of hydrogen-bond donors (Lipinski definition) is 1. The van der Waals surface area contributed by atoms with E-state index < -0.39 is 0 Å². The Morgan fingerprint density at radius 1 is 1.08 bits per heavy atom. The molecular weight excluding hydrogens is 339 g/mol. The second-order valence-electron chi connectivity index (χ2n) is 5.80. The van der Waals surface area contributed by atoms with Crippen LogP contribution >= 0.6 is 11.6 Å². The zero-order valence-corrected chi connectivity index (χ0v) is 15.7. The number of halogens is 2. The van der Waals surface area contributed by atoms with Crippen LogP contribution in [-0.4, -0.2) is 31.1 Å². The van der Waals surface area contributed by atoms with E-state index in [2.05, 4.69) is 24.1 Å². The Bertz CT molecular complexity index is 642. The van der Waals surface area contributed by atoms with Crippen molar-refractivity contribution in [2.45, 2.75) is 27.0 Å². The highest BCUT2D eigenvalue weighted by Gasteiger charge is 2.09. The summed E-state index contributed by atoms with van der Waals surface area (Å²) in [6, 6.07) is 12.5. The highest BCUT2D eigenvalue weighted by Crippen LogP contribution is 2.23. The molecule has 5 heteroatoms. The normalized spacial score (nSPS) is 11.1. The maximum atomic E-state index is 13.9. The zero-order chi connectivity index (χ0) is 18.1. The van der Waals surface area contributed by atoms with Crippen LogP contribution < -0.4 is 10.1 Å². The van der Waals surface area contributed by atoms with E-state index in [9.17, 15) is 4.39 Å². The molecule has 0 spiro atoms. The number of benzene rings is 2. The third-order valence-corrected chi connectivity index (χ3v) is 4.58. The molecule has 136 valence electrons. The summed E-state index contributed by atoms with van der Waals surface area (Å²) in [5.74, 6) is 0.402. The Hall–Kier alpha value is -1.62. The fourth-order valence-electron chi connectivity index (χ4n) is 2.61. The zero-order valence-electron chi connectivity index (χ0n) is 14.9. The van der Waals surface area contributed by atoms with Crippen LogP contribution in [0.4, 0.5) is 4.39 Å². The first-order valence-corrected chi connectivity index (χ1v) is 9.10. The Morgan fingerprint density at radius 2 is 1.84 bits per heavy atom. The van der Waals surface area contributed by atoms with Crippen LogP contribution in [0.2, 0.25) is 5.02 Å². The van der Waals surface area contributed by atoms with Gasteiger partial charge >= 0.3 is 0 Å². The first kappa shape index (κ1) is 19.7. The number of likely N-dealkylation sites (N-methyl/N-ethyl adjacent to an activating group) is 1. The second kappa shape index (κ2) is 10.4. The van der Waals surface area contributed by atoms with Crippen LogP contribution in [0.5, 0.6) is 5.75 Å². The Labute approximate surface area is 154 Å². The molecule has 25 heavy (non-hydrogen) atoms. The summed E-state index contributed by atoms with van der Waals surface area (Å²) in [5.41, 5.74) is 1.43. The minimum absolute atomic E-state index is 0.113. The van der Waals surface area contributed by atoms with Gasteiger partial charge in [-0.25, -0.2) is 4.39 Å². The van der Waals surface area contributed by atoms with Gasteiger partial charge in [-0.2, -0.15) is 0 Å². The van der Waals surface area contributed by atoms with E-state index in [4.69, 9.17) is 16.3 Å². The average Bonchev–Trinajstić information content (AvgIpc) is 2.62. The van der Waals surface area contributed by atoms with Gasteiger partial charge < -0.3 is 15.0 Å². The van der Waals surface area contributed by atoms with E-state index in [-0.39, 0.29) is 12.4 Å². The van der Waals surface area contributed by atoms with Crippen LogP contribution in [0, 0.1) is 5.82 Å². The first-order valence-electron chi connectivity index (χ1n) is 8.72. The number of rotatable bonds is 10. The van der Waals surface area contributed by atoms with Crippen molar-refractivity contribution in [2.24, 2.45) is 0 Å². The largest absolute Gasteiger partial charge is 0.488 e. The molecule has 0 radical (unpaired) electrons. The van der Waals surface area contributed by atoms with Crippen molar-refractivity contribution >= 4 is 11.6 Å². The second-order valence-corrected chi connectivity index (χ2v) is 6.21. The molecule has 2 aromatic carbocycles. The maximum Gasteiger partial charge on any atom is 0.131 e. The van der Waals surface area contributed by atoms with Crippen molar-refractivity contribution < 1.29 is 9.13 Å². The molecule has 0 heterocycles. The van der Waals surface area contributed by atoms with Crippen LogP contribution in [0.25, 0.3) is 0 Å². The molecule has 0 atom stereocenters. The molecule has 2 aromatic rings. The van der Waals surface area contributed by atoms with Gasteiger partial charge in [-0.05, 0) is 31.3 Å². The molecule has 0 saturated carbocycles. The van der Waals surface area contributed by atoms with Crippen LogP contribution in [0.3, 0.4) is 0 Å². The molecule has 0 amide bonds. The molecule has 3 nitrogen and oxygen atoms in total. The molecule has 2 rings (SSSR count). The summed E-state index contributed by atoms with van der Waals surface area (Å²) < 4.78 is 19.7. The van der Waals surface area contributed by atoms with E-state index in [0.717, 1.165) is 37.5 Å². The summed E-state index contributed by atoms with van der Waals surface area (Å²) >= 11 is 6.06. The van der Waals surface area contributed by atoms with Crippen molar-refractivity contribution in [1.29, 1.82) is 0 Å². The Morgan fingerprint density at radius 3 is 2.56 bits per heavy atom. The van der Waals surface area contributed by atoms with Gasteiger partial charge in [0.1, 0.15) is 18.2 Å². The molecule has 1 N–H and O–H groups in total. The lowest BCUT2D eigenvalue weighted by Gasteiger charge is -2.18. The molecule has 0 bridgehead atoms. The lowest BCUT2D eigenvalue weighted by molar-refractivity contribution is 0.292. The van der Waals surface area contributed by atoms with Gasteiger partial charge in [0.05, 0.1) is 5.02 Å². The molecule has 0 aliphatic rings. The highest BCUT2D eigenvalue weighted by atomic mass is 35.5. The van der Waals surface area contributed by atoms with Crippen molar-refractivity contribution in [3.63, 3.8) is 0 Å². The third-order valence-electron chi connectivity index (χ3n) is 4.22. The SMILES string of the molecule is CCN(CC)CCNCc1ccccc1OCc1c(F)cccc1Cl. The van der Waals surface area contributed by atoms with E-state index in [1.807, 2.05) is 24.3 Å². The molecule has 0 saturated heterocycles. The van der Waals surface area contributed by atoms with Gasteiger partial charge in [0, 0.05) is 30.8 Å². The van der Waals surface area contributed by atoms with Gasteiger partial charge in [-0.3, -0.25) is 0 Å². The van der Waals surface area contributed by atoms with E-state index >= 15 is 0 Å². The van der Waals surface area contributed by atoms with Crippen LogP contribution in [0.1, 0.15) is 25.0 Å². The van der Waals surface area contributed by atoms with Gasteiger partial charge in [0.15, 0.2) is 0 Å². The standard InChI is InChI=1S/C20H26ClFN2O/c1-3-24(4-2)13-12-23-14-16-8-5-6-11-20(16)25-15-17-18(21)9-7-10-19(17)22/h5-11,23H,3-4,12-15H2,1-2H3. The summed E-state index contributed by atoms with van der Waals surface area (Å²) in [6.45, 7) is 9.20. The number of para-hydroxylation sites is 1. The van der Waals surface area contributed by atoms with Gasteiger partial charge in [-0.15, -0.1) is 0 Å². The van der Waals surface area contributed by atoms with E-state index in [0.29, 0.717) is 17.1 Å². The highest BCUT2D eigenvalue weighted by molar-refractivity contribution is 6.31. The molecule has 0 fully saturated rings. The fraction of sp³-hybridized carbons (Fsp3) is 0.400. The predicted octanol–water partition coefficient (Wildman–Crippen LogP) is 4.49. The predicted molar refractivity (Wildman–Crippen MR) is 102 cm³/mol. The number of ether oxygens (including phenoxy) is 1. The quantitative estimate of drug-likeness (QED) is 0.629. The maximum absolute atomic E-state index is 13.9. The molecule has 0 unspecified atom stereocenters. The van der Waals surface area contributed by atoms with Crippen molar-refractivity contribution in [3.8, 4) is 5.75 Å². The van der Waals surface area contributed by atoms with Gasteiger partial charge in [0.25, 0.3) is 0 Å². The van der Waals surface area contributed by atoms with Crippen molar-refractivity contribution in [2.75, 3.05) is 26.2 Å². The average molecular weight is 365 g/mol. The van der Waals surface area contributed by atoms with Crippen molar-refractivity contribution in [1.82, 2.24) is 10.2 Å². The molecule has 0 aromatic heterocycles. The molecule has 0 aliphatic carbocycles. The van der Waals surface area contributed by atoms with Gasteiger partial charge in [0.2, 0.25) is 0 Å². The number of nitrogens with zero attached hydrogens (tertiary/aromatic N) is 1. The number of hydrogen-bond acceptors (Lipinski definition) is 3. The lowest BCUT2D eigenvalue weighted by atomic mass is 10.2.